The Labute approximate surface area is 502 Å². The molecule has 0 radical (unpaired) electrons. The molecule has 7 fully saturated rings. The van der Waals surface area contributed by atoms with Gasteiger partial charge in [0.05, 0.1) is 47.1 Å². The Balaban J connectivity index is 0.750. The van der Waals surface area contributed by atoms with Gasteiger partial charge in [-0.05, 0) is 174 Å². The molecule has 2 saturated heterocycles. The average Bonchev–Trinajstić information content (AvgIpc) is 0.969. The molecular formula is C64H89F3N4O14S. The number of unbranched alkanes of at least 4 members (excludes halogenated alkanes) is 2. The summed E-state index contributed by atoms with van der Waals surface area (Å²) in [6, 6.07) is 12.9. The molecule has 3 heterocycles. The van der Waals surface area contributed by atoms with Gasteiger partial charge in [-0.15, -0.1) is 0 Å². The number of ether oxygens (including phenoxy) is 4. The van der Waals surface area contributed by atoms with Gasteiger partial charge < -0.3 is 54.9 Å². The van der Waals surface area contributed by atoms with Gasteiger partial charge >= 0.3 is 6.18 Å². The minimum atomic E-state index is -4.71. The zero-order valence-electron chi connectivity index (χ0n) is 50.5. The van der Waals surface area contributed by atoms with Crippen LogP contribution in [0.5, 0.6) is 0 Å². The molecule has 2 amide bonds. The summed E-state index contributed by atoms with van der Waals surface area (Å²) in [4.78, 5) is 27.6. The summed E-state index contributed by atoms with van der Waals surface area (Å²) in [5.41, 5.74) is 0.0155. The number of benzene rings is 2. The summed E-state index contributed by atoms with van der Waals surface area (Å²) < 4.78 is 95.8. The Morgan fingerprint density at radius 2 is 1.52 bits per heavy atom. The number of halogens is 3. The highest BCUT2D eigenvalue weighted by Crippen LogP contribution is 2.78. The molecule has 10 rings (SSSR count). The molecule has 2 aliphatic heterocycles. The van der Waals surface area contributed by atoms with Crippen molar-refractivity contribution in [2.75, 3.05) is 19.8 Å². The van der Waals surface area contributed by atoms with Crippen LogP contribution in [0.15, 0.2) is 71.6 Å². The lowest BCUT2D eigenvalue weighted by atomic mass is 9.32. The fourth-order valence-corrected chi connectivity index (χ4v) is 18.9. The van der Waals surface area contributed by atoms with Gasteiger partial charge in [0, 0.05) is 23.9 Å². The van der Waals surface area contributed by atoms with E-state index in [2.05, 4.69) is 56.3 Å². The summed E-state index contributed by atoms with van der Waals surface area (Å²) in [7, 11) is -4.32. The van der Waals surface area contributed by atoms with Crippen molar-refractivity contribution in [1.82, 2.24) is 19.8 Å². The molecule has 1 aromatic heterocycles. The van der Waals surface area contributed by atoms with Crippen LogP contribution in [0.1, 0.15) is 143 Å². The van der Waals surface area contributed by atoms with Gasteiger partial charge in [-0.1, -0.05) is 76.1 Å². The lowest BCUT2D eigenvalue weighted by Gasteiger charge is -2.73. The van der Waals surface area contributed by atoms with Crippen LogP contribution >= 0.6 is 0 Å². The van der Waals surface area contributed by atoms with Crippen LogP contribution in [0.4, 0.5) is 13.2 Å². The molecule has 0 bridgehead atoms. The van der Waals surface area contributed by atoms with Crippen molar-refractivity contribution in [2.24, 2.45) is 56.7 Å². The lowest BCUT2D eigenvalue weighted by molar-refractivity contribution is -0.366. The number of aryl methyl sites for hydroxylation is 1. The number of alkyl halides is 3. The second-order valence-electron chi connectivity index (χ2n) is 27.5. The van der Waals surface area contributed by atoms with Gasteiger partial charge in [0.15, 0.2) is 18.3 Å². The highest BCUT2D eigenvalue weighted by molar-refractivity contribution is 7.90. The van der Waals surface area contributed by atoms with Gasteiger partial charge in [-0.3, -0.25) is 9.59 Å². The number of allylic oxidation sites excluding steroid dienone is 1. The van der Waals surface area contributed by atoms with Crippen molar-refractivity contribution < 1.29 is 80.8 Å². The normalized spacial score (nSPS) is 39.7. The summed E-state index contributed by atoms with van der Waals surface area (Å²) in [6.07, 6.45) is -8.00. The number of nitrogens with zero attached hydrogens (tertiary/aromatic N) is 2. The number of fused-ring (bicyclic) bond motifs is 7. The zero-order chi connectivity index (χ0) is 62.3. The van der Waals surface area contributed by atoms with Crippen molar-refractivity contribution in [2.45, 2.75) is 211 Å². The van der Waals surface area contributed by atoms with E-state index in [4.69, 9.17) is 18.9 Å². The van der Waals surface area contributed by atoms with Crippen LogP contribution in [-0.2, 0) is 44.7 Å². The lowest BCUT2D eigenvalue weighted by Crippen LogP contribution is -2.68. The number of aliphatic hydroxyl groups excluding tert-OH is 6. The number of aliphatic hydroxyl groups is 6. The monoisotopic (exact) mass is 1230 g/mol. The van der Waals surface area contributed by atoms with Gasteiger partial charge in [-0.2, -0.15) is 18.3 Å². The Bertz CT molecular complexity index is 3080. The van der Waals surface area contributed by atoms with E-state index in [1.165, 1.54) is 31.2 Å². The summed E-state index contributed by atoms with van der Waals surface area (Å²) in [5, 5.41) is 72.3. The van der Waals surface area contributed by atoms with Crippen molar-refractivity contribution in [3.8, 4) is 16.9 Å². The van der Waals surface area contributed by atoms with Crippen LogP contribution in [0, 0.1) is 63.6 Å². The van der Waals surface area contributed by atoms with Crippen LogP contribution in [0.2, 0.25) is 0 Å². The number of amides is 2. The van der Waals surface area contributed by atoms with Gasteiger partial charge in [0.2, 0.25) is 11.8 Å². The number of hydrogen-bond acceptors (Lipinski definition) is 15. The van der Waals surface area contributed by atoms with Crippen LogP contribution in [0.25, 0.3) is 16.9 Å². The maximum absolute atomic E-state index is 14.9. The maximum atomic E-state index is 14.9. The predicted octanol–water partition coefficient (Wildman–Crippen LogP) is 7.65. The molecule has 8 N–H and O–H groups in total. The van der Waals surface area contributed by atoms with E-state index in [1.54, 1.807) is 24.3 Å². The first kappa shape index (κ1) is 64.6. The van der Waals surface area contributed by atoms with E-state index in [0.717, 1.165) is 79.7 Å². The molecule has 22 heteroatoms. The maximum Gasteiger partial charge on any atom is 0.435 e. The second-order valence-corrected chi connectivity index (χ2v) is 29.2. The minimum absolute atomic E-state index is 0.0321. The average molecular weight is 1230 g/mol. The fraction of sp³-hybridized carbons (Fsp3) is 0.703. The standard InChI is InChI=1S/C64H89F3N4O14S/c1-35(2)41-23-28-63(58(79)68-31-11-9-10-12-49(74)70-86(80,81)40-19-17-39(18-20-40)71-43(32-47(69-71)64(65,66)67)38-15-13-36(3)14-16-38)30-29-61(7)42(50(41)63)21-22-46-59(5)26-25-48(60(6,34-72)45(59)24-27-62(46,61)8)84-57-55(52(76)44(73)33-82-57)85-56-54(78)53(77)51(75)37(4)83-56/h13-20,32,37,41-42,44-46,48,50-57,72-73,75-78H,1,9-12,21-31,33-34H2,2-8H3,(H,68,79)(H,70,74)/t37-,41-,42+,44-,45+,46+,48-,50+,51-,52-,53+,54+,55+,56-,57-,59-,60-,61+,62+,63-/m0/s1. The zero-order valence-corrected chi connectivity index (χ0v) is 51.3. The Morgan fingerprint density at radius 1 is 0.814 bits per heavy atom. The molecule has 5 saturated carbocycles. The highest BCUT2D eigenvalue weighted by atomic mass is 32.2. The topological polar surface area (TPSA) is 268 Å². The van der Waals surface area contributed by atoms with E-state index in [0.29, 0.717) is 43.7 Å². The molecule has 2 aromatic carbocycles. The van der Waals surface area contributed by atoms with Crippen LogP contribution in [-0.4, -0.2) is 142 Å². The van der Waals surface area contributed by atoms with Crippen LogP contribution in [0.3, 0.4) is 0 Å². The van der Waals surface area contributed by atoms with E-state index < -0.39 is 100 Å². The Morgan fingerprint density at radius 3 is 2.20 bits per heavy atom. The quantitative estimate of drug-likeness (QED) is 0.0366. The molecule has 0 unspecified atom stereocenters. The largest absolute Gasteiger partial charge is 0.435 e. The molecule has 3 aromatic rings. The third-order valence-corrected chi connectivity index (χ3v) is 24.2. The number of aromatic nitrogens is 2. The first-order valence-electron chi connectivity index (χ1n) is 30.9. The summed E-state index contributed by atoms with van der Waals surface area (Å²) >= 11 is 0. The molecule has 18 nitrogen and oxygen atoms in total. The Hall–Kier alpha value is -4.33. The van der Waals surface area contributed by atoms with E-state index in [-0.39, 0.29) is 81.7 Å². The fourth-order valence-electron chi connectivity index (χ4n) is 17.9. The van der Waals surface area contributed by atoms with Gasteiger partial charge in [0.1, 0.15) is 36.6 Å². The van der Waals surface area contributed by atoms with E-state index in [9.17, 15) is 61.8 Å². The third kappa shape index (κ3) is 11.3. The number of rotatable bonds is 17. The molecule has 86 heavy (non-hydrogen) atoms. The van der Waals surface area contributed by atoms with Gasteiger partial charge in [0.25, 0.3) is 10.0 Å². The molecular weight excluding hydrogens is 1140 g/mol. The van der Waals surface area contributed by atoms with Crippen molar-refractivity contribution in [3.63, 3.8) is 0 Å². The molecule has 20 atom stereocenters. The third-order valence-electron chi connectivity index (χ3n) is 22.8. The number of carbonyl (C=O) groups excluding carboxylic acids is 2. The summed E-state index contributed by atoms with van der Waals surface area (Å²) in [6.45, 7) is 19.4. The van der Waals surface area contributed by atoms with Gasteiger partial charge in [-0.25, -0.2) is 17.8 Å². The van der Waals surface area contributed by atoms with Crippen molar-refractivity contribution >= 4 is 21.8 Å². The Kier molecular flexibility index (Phi) is 18.1. The first-order chi connectivity index (χ1) is 40.4. The smallest absolute Gasteiger partial charge is 0.396 e. The predicted molar refractivity (Wildman–Crippen MR) is 310 cm³/mol. The minimum Gasteiger partial charge on any atom is -0.396 e. The summed E-state index contributed by atoms with van der Waals surface area (Å²) in [5.74, 6) is 0.210. The molecule has 7 aliphatic rings. The first-order valence-corrected chi connectivity index (χ1v) is 32.4. The van der Waals surface area contributed by atoms with E-state index >= 15 is 0 Å². The SMILES string of the molecule is C=C(C)[C@@H]1CC[C@]2(C(=O)NCCCCCC(=O)NS(=O)(=O)c3ccc(-n4nc(C(F)(F)F)cc4-c4ccc(C)cc4)cc3)CC[C@]3(C)[C@H](CC[C@@H]4[C@@]5(C)CC[C@H](O[C@@H]6OC[C@H](O)[C@H](O)[C@H]6O[C@@H]6O[C@@H](C)[C@H](O)[C@@H](O)[C@H]6O)[C@@](C)(CO)[C@@H]5CC[C@]43C)[C@@H]12. The van der Waals surface area contributed by atoms with Crippen molar-refractivity contribution in [1.29, 1.82) is 0 Å². The number of carbonyl (C=O) groups is 2. The highest BCUT2D eigenvalue weighted by Gasteiger charge is 2.72. The molecule has 5 aliphatic carbocycles. The van der Waals surface area contributed by atoms with Crippen molar-refractivity contribution in [3.05, 3.63) is 78.0 Å². The number of nitrogens with one attached hydrogen (secondary N) is 2. The van der Waals surface area contributed by atoms with E-state index in [1.807, 2.05) is 6.92 Å². The number of hydrogen-bond donors (Lipinski definition) is 8. The second kappa shape index (κ2) is 24.1. The molecule has 0 spiro atoms. The number of sulfonamides is 1. The molecule has 476 valence electrons. The van der Waals surface area contributed by atoms with Crippen LogP contribution < -0.4 is 10.0 Å².